The van der Waals surface area contributed by atoms with Crippen LogP contribution in [-0.2, 0) is 16.0 Å². The molecule has 0 fully saturated rings. The van der Waals surface area contributed by atoms with Gasteiger partial charge in [0.15, 0.2) is 17.6 Å². The Morgan fingerprint density at radius 3 is 3.06 bits per heavy atom. The Balaban J connectivity index is 2.11. The highest BCUT2D eigenvalue weighted by Gasteiger charge is 2.17. The van der Waals surface area contributed by atoms with Crippen molar-refractivity contribution in [1.82, 2.24) is 10.1 Å². The highest BCUT2D eigenvalue weighted by Crippen LogP contribution is 2.27. The molecule has 0 aliphatic carbocycles. The van der Waals surface area contributed by atoms with Crippen molar-refractivity contribution in [3.63, 3.8) is 0 Å². The van der Waals surface area contributed by atoms with Crippen LogP contribution in [0.5, 0.6) is 0 Å². The van der Waals surface area contributed by atoms with Crippen molar-refractivity contribution in [2.75, 3.05) is 6.61 Å². The number of aromatic nitrogens is 2. The van der Waals surface area contributed by atoms with E-state index in [0.29, 0.717) is 34.4 Å². The monoisotopic (exact) mass is 246 g/mol. The van der Waals surface area contributed by atoms with Crippen molar-refractivity contribution in [3.05, 3.63) is 24.2 Å². The lowest BCUT2D eigenvalue weighted by atomic mass is 10.1. The first-order valence-electron chi connectivity index (χ1n) is 5.55. The number of rotatable bonds is 3. The second-order valence-corrected chi connectivity index (χ2v) is 3.75. The average Bonchev–Trinajstić information content (AvgIpc) is 2.94. The minimum Gasteiger partial charge on any atom is -0.466 e. The molecule has 2 aromatic heterocycles. The van der Waals surface area contributed by atoms with Crippen LogP contribution in [-0.4, -0.2) is 22.7 Å². The fourth-order valence-electron chi connectivity index (χ4n) is 1.89. The van der Waals surface area contributed by atoms with E-state index in [4.69, 9.17) is 13.7 Å². The van der Waals surface area contributed by atoms with E-state index in [9.17, 15) is 4.79 Å². The highest BCUT2D eigenvalue weighted by atomic mass is 16.5. The minimum atomic E-state index is -0.340. The second kappa shape index (κ2) is 4.14. The van der Waals surface area contributed by atoms with Crippen molar-refractivity contribution in [2.45, 2.75) is 13.3 Å². The Labute approximate surface area is 102 Å². The molecule has 1 aromatic carbocycles. The maximum atomic E-state index is 11.5. The van der Waals surface area contributed by atoms with Gasteiger partial charge in [0.2, 0.25) is 0 Å². The van der Waals surface area contributed by atoms with Crippen molar-refractivity contribution in [1.29, 1.82) is 0 Å². The zero-order chi connectivity index (χ0) is 12.5. The van der Waals surface area contributed by atoms with Crippen LogP contribution in [0.25, 0.3) is 22.1 Å². The van der Waals surface area contributed by atoms with Crippen LogP contribution in [0.3, 0.4) is 0 Å². The zero-order valence-corrected chi connectivity index (χ0v) is 9.67. The first-order chi connectivity index (χ1) is 8.79. The van der Waals surface area contributed by atoms with Crippen LogP contribution in [0.4, 0.5) is 0 Å². The Bertz CT molecular complexity index is 713. The number of nitrogens with zero attached hydrogens (tertiary/aromatic N) is 2. The summed E-state index contributed by atoms with van der Waals surface area (Å²) in [5.74, 6) is -0.340. The molecule has 6 heteroatoms. The fourth-order valence-corrected chi connectivity index (χ4v) is 1.89. The van der Waals surface area contributed by atoms with Gasteiger partial charge in [-0.2, -0.15) is 0 Å². The van der Waals surface area contributed by atoms with E-state index in [0.717, 1.165) is 0 Å². The van der Waals surface area contributed by atoms with Crippen LogP contribution in [0.1, 0.15) is 12.6 Å². The normalized spacial score (nSPS) is 11.2. The molecule has 0 N–H and O–H groups in total. The summed E-state index contributed by atoms with van der Waals surface area (Å²) in [5, 5.41) is 4.59. The summed E-state index contributed by atoms with van der Waals surface area (Å²) in [5.41, 5.74) is 2.38. The molecule has 0 saturated heterocycles. The number of benzene rings is 1. The van der Waals surface area contributed by atoms with Gasteiger partial charge in [-0.3, -0.25) is 4.79 Å². The Kier molecular flexibility index (Phi) is 2.47. The van der Waals surface area contributed by atoms with Gasteiger partial charge >= 0.3 is 5.97 Å². The molecule has 0 spiro atoms. The summed E-state index contributed by atoms with van der Waals surface area (Å²) in [6, 6.07) is 3.49. The van der Waals surface area contributed by atoms with Crippen LogP contribution in [0, 0.1) is 0 Å². The van der Waals surface area contributed by atoms with Gasteiger partial charge in [-0.05, 0) is 19.1 Å². The molecule has 18 heavy (non-hydrogen) atoms. The summed E-state index contributed by atoms with van der Waals surface area (Å²) < 4.78 is 15.3. The largest absolute Gasteiger partial charge is 0.466 e. The number of esters is 1. The quantitative estimate of drug-likeness (QED) is 0.658. The lowest BCUT2D eigenvalue weighted by molar-refractivity contribution is -0.142. The lowest BCUT2D eigenvalue weighted by Gasteiger charge is -1.98. The number of hydrogen-bond acceptors (Lipinski definition) is 6. The predicted octanol–water partition coefficient (Wildman–Crippen LogP) is 2.07. The minimum absolute atomic E-state index is 0.0623. The van der Waals surface area contributed by atoms with Crippen molar-refractivity contribution >= 4 is 28.0 Å². The number of carbonyl (C=O) groups is 1. The molecular weight excluding hydrogens is 236 g/mol. The van der Waals surface area contributed by atoms with E-state index in [-0.39, 0.29) is 12.4 Å². The molecule has 0 unspecified atom stereocenters. The molecule has 3 aromatic rings. The van der Waals surface area contributed by atoms with Gasteiger partial charge in [-0.25, -0.2) is 4.98 Å². The number of ether oxygens (including phenoxy) is 1. The smallest absolute Gasteiger partial charge is 0.312 e. The van der Waals surface area contributed by atoms with Crippen molar-refractivity contribution in [2.24, 2.45) is 0 Å². The first kappa shape index (κ1) is 10.8. The van der Waals surface area contributed by atoms with Crippen LogP contribution in [0.15, 0.2) is 27.5 Å². The van der Waals surface area contributed by atoms with Crippen LogP contribution in [0.2, 0.25) is 0 Å². The van der Waals surface area contributed by atoms with Crippen LogP contribution >= 0.6 is 0 Å². The van der Waals surface area contributed by atoms with E-state index in [1.54, 1.807) is 19.1 Å². The molecule has 0 saturated carbocycles. The molecule has 0 amide bonds. The van der Waals surface area contributed by atoms with Gasteiger partial charge in [-0.15, -0.1) is 0 Å². The first-order valence-corrected chi connectivity index (χ1v) is 5.55. The van der Waals surface area contributed by atoms with E-state index < -0.39 is 0 Å². The average molecular weight is 246 g/mol. The van der Waals surface area contributed by atoms with Gasteiger partial charge in [0.05, 0.1) is 18.4 Å². The Morgan fingerprint density at radius 2 is 2.22 bits per heavy atom. The summed E-state index contributed by atoms with van der Waals surface area (Å²) in [6.45, 7) is 2.10. The van der Waals surface area contributed by atoms with E-state index in [1.807, 2.05) is 0 Å². The third-order valence-electron chi connectivity index (χ3n) is 2.62. The summed E-state index contributed by atoms with van der Waals surface area (Å²) >= 11 is 0. The third-order valence-corrected chi connectivity index (χ3v) is 2.62. The molecule has 0 bridgehead atoms. The topological polar surface area (TPSA) is 78.4 Å². The van der Waals surface area contributed by atoms with Crippen molar-refractivity contribution < 1.29 is 18.5 Å². The number of fused-ring (bicyclic) bond motifs is 3. The Hall–Kier alpha value is -2.37. The van der Waals surface area contributed by atoms with Gasteiger partial charge in [0.25, 0.3) is 0 Å². The number of oxazole rings is 1. The standard InChI is InChI=1S/C12H10N2O4/c1-2-16-10(15)5-7-11-8(18-14-7)3-4-9-12(11)13-6-17-9/h3-4,6H,2,5H2,1H3. The van der Waals surface area contributed by atoms with Gasteiger partial charge in [-0.1, -0.05) is 5.16 Å². The Morgan fingerprint density at radius 1 is 1.39 bits per heavy atom. The molecule has 0 atom stereocenters. The van der Waals surface area contributed by atoms with E-state index in [2.05, 4.69) is 10.1 Å². The molecule has 2 heterocycles. The number of carbonyl (C=O) groups excluding carboxylic acids is 1. The van der Waals surface area contributed by atoms with E-state index >= 15 is 0 Å². The van der Waals surface area contributed by atoms with E-state index in [1.165, 1.54) is 6.39 Å². The molecule has 0 aliphatic rings. The fraction of sp³-hybridized carbons (Fsp3) is 0.250. The predicted molar refractivity (Wildman–Crippen MR) is 61.9 cm³/mol. The summed E-state index contributed by atoms with van der Waals surface area (Å²) in [6.07, 6.45) is 1.41. The number of hydrogen-bond donors (Lipinski definition) is 0. The molecule has 6 nitrogen and oxygen atoms in total. The van der Waals surface area contributed by atoms with Gasteiger partial charge in [0.1, 0.15) is 11.2 Å². The maximum Gasteiger partial charge on any atom is 0.312 e. The highest BCUT2D eigenvalue weighted by molar-refractivity contribution is 6.03. The van der Waals surface area contributed by atoms with Gasteiger partial charge < -0.3 is 13.7 Å². The van der Waals surface area contributed by atoms with Crippen molar-refractivity contribution in [3.8, 4) is 0 Å². The van der Waals surface area contributed by atoms with Gasteiger partial charge in [0, 0.05) is 0 Å². The summed E-state index contributed by atoms with van der Waals surface area (Å²) in [4.78, 5) is 15.6. The third kappa shape index (κ3) is 1.62. The lowest BCUT2D eigenvalue weighted by Crippen LogP contribution is -2.07. The summed E-state index contributed by atoms with van der Waals surface area (Å²) in [7, 11) is 0. The molecule has 92 valence electrons. The molecule has 3 rings (SSSR count). The van der Waals surface area contributed by atoms with Crippen LogP contribution < -0.4 is 0 Å². The zero-order valence-electron chi connectivity index (χ0n) is 9.67. The SMILES string of the molecule is CCOC(=O)Cc1noc2ccc3ocnc3c12. The molecule has 0 radical (unpaired) electrons. The molecular formula is C12H10N2O4. The maximum absolute atomic E-state index is 11.5. The second-order valence-electron chi connectivity index (χ2n) is 3.75. The molecule has 0 aliphatic heterocycles.